The molecular weight excluding hydrogens is 609 g/mol. The van der Waals surface area contributed by atoms with Gasteiger partial charge in [0.25, 0.3) is 0 Å². The quantitative estimate of drug-likeness (QED) is 0.196. The van der Waals surface area contributed by atoms with Gasteiger partial charge in [-0.05, 0) is 33.9 Å². The van der Waals surface area contributed by atoms with E-state index in [9.17, 15) is 0 Å². The molecule has 7 aromatic rings. The first-order valence-corrected chi connectivity index (χ1v) is 17.6. The standard InChI is InChI=1S/C46H36N4/c1-5-17-31(18-6-1)43-47-44(32-19-7-2-8-20-32)49-45(48-43)50-40-28-16-14-26-36(40)38-30-29-37-35-25-13-15-27-39(35)46(41(37)42(38)50,33-21-9-3-10-22-33)34-23-11-4-12-24-34/h1-30,35,39,43,45,48H,(H,47,49). The summed E-state index contributed by atoms with van der Waals surface area (Å²) in [4.78, 5) is 5.51. The Kier molecular flexibility index (Phi) is 6.71. The maximum Gasteiger partial charge on any atom is 0.184 e. The van der Waals surface area contributed by atoms with E-state index >= 15 is 0 Å². The van der Waals surface area contributed by atoms with Crippen LogP contribution in [0.4, 0.5) is 0 Å². The maximum absolute atomic E-state index is 5.51. The van der Waals surface area contributed by atoms with Gasteiger partial charge >= 0.3 is 0 Å². The van der Waals surface area contributed by atoms with Crippen molar-refractivity contribution in [2.75, 3.05) is 0 Å². The lowest BCUT2D eigenvalue weighted by Gasteiger charge is -2.39. The average molecular weight is 645 g/mol. The monoisotopic (exact) mass is 644 g/mol. The molecule has 10 rings (SSSR count). The summed E-state index contributed by atoms with van der Waals surface area (Å²) >= 11 is 0. The summed E-state index contributed by atoms with van der Waals surface area (Å²) in [6.45, 7) is 0. The van der Waals surface area contributed by atoms with Crippen LogP contribution >= 0.6 is 0 Å². The molecule has 4 nitrogen and oxygen atoms in total. The third-order valence-electron chi connectivity index (χ3n) is 11.0. The van der Waals surface area contributed by atoms with Gasteiger partial charge in [0.1, 0.15) is 12.0 Å². The van der Waals surface area contributed by atoms with Crippen LogP contribution in [-0.4, -0.2) is 10.4 Å². The van der Waals surface area contributed by atoms with Crippen LogP contribution in [0.3, 0.4) is 0 Å². The minimum Gasteiger partial charge on any atom is -0.350 e. The summed E-state index contributed by atoms with van der Waals surface area (Å²) < 4.78 is 2.49. The van der Waals surface area contributed by atoms with E-state index in [1.165, 1.54) is 38.5 Å². The van der Waals surface area contributed by atoms with E-state index < -0.39 is 5.41 Å². The molecule has 240 valence electrons. The van der Waals surface area contributed by atoms with Crippen LogP contribution in [0.25, 0.3) is 21.8 Å². The van der Waals surface area contributed by atoms with Gasteiger partial charge in [0.05, 0.1) is 16.4 Å². The van der Waals surface area contributed by atoms with Crippen molar-refractivity contribution in [2.45, 2.75) is 23.8 Å². The summed E-state index contributed by atoms with van der Waals surface area (Å²) in [6.07, 6.45) is 8.80. The molecule has 4 atom stereocenters. The Morgan fingerprint density at radius 2 is 1.20 bits per heavy atom. The molecule has 2 aliphatic carbocycles. The molecule has 50 heavy (non-hydrogen) atoms. The van der Waals surface area contributed by atoms with Crippen molar-refractivity contribution >= 4 is 27.6 Å². The molecule has 0 saturated carbocycles. The number of aliphatic imine (C=N–C) groups is 1. The molecule has 0 saturated heterocycles. The molecule has 0 fully saturated rings. The average Bonchev–Trinajstić information content (AvgIpc) is 3.70. The third kappa shape index (κ3) is 4.25. The normalized spacial score (nSPS) is 21.8. The summed E-state index contributed by atoms with van der Waals surface area (Å²) in [5.41, 5.74) is 9.53. The lowest BCUT2D eigenvalue weighted by Crippen LogP contribution is -2.46. The van der Waals surface area contributed by atoms with Gasteiger partial charge in [-0.25, -0.2) is 4.99 Å². The summed E-state index contributed by atoms with van der Waals surface area (Å²) in [5.74, 6) is 1.30. The van der Waals surface area contributed by atoms with Crippen LogP contribution in [0.5, 0.6) is 0 Å². The van der Waals surface area contributed by atoms with Crippen molar-refractivity contribution in [1.29, 1.82) is 0 Å². The molecular formula is C46H36N4. The fraction of sp³-hybridized carbons (Fsp3) is 0.109. The number of fused-ring (bicyclic) bond motifs is 7. The van der Waals surface area contributed by atoms with Gasteiger partial charge in [-0.3, -0.25) is 5.32 Å². The van der Waals surface area contributed by atoms with Crippen LogP contribution in [-0.2, 0) is 5.41 Å². The van der Waals surface area contributed by atoms with E-state index in [1.54, 1.807) is 0 Å². The first kappa shape index (κ1) is 29.0. The maximum atomic E-state index is 5.51. The number of nitrogens with zero attached hydrogens (tertiary/aromatic N) is 2. The largest absolute Gasteiger partial charge is 0.350 e. The minimum atomic E-state index is -0.437. The van der Waals surface area contributed by atoms with Gasteiger partial charge < -0.3 is 9.88 Å². The molecule has 0 amide bonds. The predicted octanol–water partition coefficient (Wildman–Crippen LogP) is 9.76. The first-order valence-electron chi connectivity index (χ1n) is 17.6. The molecule has 0 bridgehead atoms. The van der Waals surface area contributed by atoms with Crippen LogP contribution < -0.4 is 10.6 Å². The van der Waals surface area contributed by atoms with E-state index in [0.29, 0.717) is 0 Å². The number of rotatable bonds is 5. The van der Waals surface area contributed by atoms with Gasteiger partial charge in [0, 0.05) is 28.2 Å². The van der Waals surface area contributed by atoms with Crippen molar-refractivity contribution < 1.29 is 0 Å². The number of amidine groups is 1. The number of allylic oxidation sites excluding steroid dienone is 4. The van der Waals surface area contributed by atoms with Crippen molar-refractivity contribution in [3.05, 3.63) is 215 Å². The number of aromatic nitrogens is 1. The van der Waals surface area contributed by atoms with Gasteiger partial charge in [-0.2, -0.15) is 0 Å². The number of para-hydroxylation sites is 1. The second kappa shape index (κ2) is 11.6. The SMILES string of the molecule is C1=CC2c3ccc4c5ccccc5n(C5N=C(c6ccccc6)NC(c6ccccc6)N5)c4c3C(c3ccccc3)(c3ccccc3)C2C=C1. The zero-order valence-electron chi connectivity index (χ0n) is 27.5. The van der Waals surface area contributed by atoms with Gasteiger partial charge in [0.2, 0.25) is 0 Å². The Labute approximate surface area is 292 Å². The highest BCUT2D eigenvalue weighted by Gasteiger charge is 2.54. The number of benzene rings is 6. The zero-order valence-corrected chi connectivity index (χ0v) is 27.5. The molecule has 1 aromatic heterocycles. The third-order valence-corrected chi connectivity index (χ3v) is 11.0. The van der Waals surface area contributed by atoms with Crippen molar-refractivity contribution in [3.63, 3.8) is 0 Å². The molecule has 0 radical (unpaired) electrons. The van der Waals surface area contributed by atoms with Crippen molar-refractivity contribution in [1.82, 2.24) is 15.2 Å². The highest BCUT2D eigenvalue weighted by atomic mass is 15.4. The van der Waals surface area contributed by atoms with Gasteiger partial charge in [0.15, 0.2) is 6.29 Å². The number of hydrogen-bond donors (Lipinski definition) is 2. The Morgan fingerprint density at radius 3 is 1.92 bits per heavy atom. The molecule has 4 heteroatoms. The highest BCUT2D eigenvalue weighted by Crippen LogP contribution is 2.61. The van der Waals surface area contributed by atoms with E-state index in [0.717, 1.165) is 22.5 Å². The summed E-state index contributed by atoms with van der Waals surface area (Å²) in [5, 5.41) is 10.2. The molecule has 3 aliphatic rings. The highest BCUT2D eigenvalue weighted by molar-refractivity contribution is 6.11. The molecule has 1 aliphatic heterocycles. The Balaban J connectivity index is 1.33. The second-order valence-corrected chi connectivity index (χ2v) is 13.5. The van der Waals surface area contributed by atoms with Crippen LogP contribution in [0.15, 0.2) is 187 Å². The summed E-state index contributed by atoms with van der Waals surface area (Å²) in [6, 6.07) is 57.1. The van der Waals surface area contributed by atoms with Crippen LogP contribution in [0.1, 0.15) is 51.8 Å². The first-order chi connectivity index (χ1) is 24.8. The lowest BCUT2D eigenvalue weighted by molar-refractivity contribution is 0.340. The predicted molar refractivity (Wildman–Crippen MR) is 204 cm³/mol. The smallest absolute Gasteiger partial charge is 0.184 e. The van der Waals surface area contributed by atoms with Crippen molar-refractivity contribution in [2.24, 2.45) is 10.9 Å². The molecule has 6 aromatic carbocycles. The van der Waals surface area contributed by atoms with Crippen molar-refractivity contribution in [3.8, 4) is 0 Å². The molecule has 4 unspecified atom stereocenters. The molecule has 2 N–H and O–H groups in total. The van der Waals surface area contributed by atoms with Gasteiger partial charge in [-0.15, -0.1) is 0 Å². The topological polar surface area (TPSA) is 41.4 Å². The lowest BCUT2D eigenvalue weighted by atomic mass is 9.63. The van der Waals surface area contributed by atoms with Crippen LogP contribution in [0, 0.1) is 5.92 Å². The fourth-order valence-corrected chi connectivity index (χ4v) is 9.01. The minimum absolute atomic E-state index is 0.150. The Hall–Kier alpha value is -5.97. The summed E-state index contributed by atoms with van der Waals surface area (Å²) in [7, 11) is 0. The Morgan fingerprint density at radius 1 is 0.580 bits per heavy atom. The number of hydrogen-bond acceptors (Lipinski definition) is 3. The van der Waals surface area contributed by atoms with E-state index in [-0.39, 0.29) is 24.3 Å². The van der Waals surface area contributed by atoms with E-state index in [1.807, 2.05) is 0 Å². The Bertz CT molecular complexity index is 2400. The molecule has 2 heterocycles. The number of nitrogens with one attached hydrogen (secondary N) is 2. The molecule has 0 spiro atoms. The zero-order chi connectivity index (χ0) is 33.1. The van der Waals surface area contributed by atoms with Gasteiger partial charge in [-0.1, -0.05) is 176 Å². The second-order valence-electron chi connectivity index (χ2n) is 13.5. The van der Waals surface area contributed by atoms with E-state index in [2.05, 4.69) is 197 Å². The fourth-order valence-electron chi connectivity index (χ4n) is 9.01. The van der Waals surface area contributed by atoms with Crippen LogP contribution in [0.2, 0.25) is 0 Å². The van der Waals surface area contributed by atoms with E-state index in [4.69, 9.17) is 4.99 Å².